The van der Waals surface area contributed by atoms with Crippen molar-refractivity contribution in [1.82, 2.24) is 19.9 Å². The number of nitrogens with zero attached hydrogens (tertiary/aromatic N) is 3. The predicted molar refractivity (Wildman–Crippen MR) is 72.7 cm³/mol. The maximum atomic E-state index is 12.2. The number of fused-ring (bicyclic) bond motifs is 1. The van der Waals surface area contributed by atoms with Gasteiger partial charge in [-0.1, -0.05) is 0 Å². The van der Waals surface area contributed by atoms with Gasteiger partial charge in [0.15, 0.2) is 0 Å². The van der Waals surface area contributed by atoms with E-state index in [1.54, 1.807) is 11.3 Å². The molecule has 0 fully saturated rings. The molecule has 3 rings (SSSR count). The normalized spacial score (nSPS) is 18.1. The minimum absolute atomic E-state index is 0.0509. The molecule has 0 saturated carbocycles. The van der Waals surface area contributed by atoms with Gasteiger partial charge in [0, 0.05) is 23.3 Å². The Hall–Kier alpha value is -1.69. The quantitative estimate of drug-likeness (QED) is 0.924. The third-order valence-electron chi connectivity index (χ3n) is 3.60. The van der Waals surface area contributed by atoms with Crippen molar-refractivity contribution < 1.29 is 4.79 Å². The molecule has 2 aromatic rings. The van der Waals surface area contributed by atoms with E-state index in [9.17, 15) is 4.79 Å². The summed E-state index contributed by atoms with van der Waals surface area (Å²) in [6, 6.07) is 0. The number of aromatic nitrogens is 3. The number of hydrogen-bond acceptors (Lipinski definition) is 4. The van der Waals surface area contributed by atoms with Gasteiger partial charge in [-0.2, -0.15) is 0 Å². The number of carbonyl (C=O) groups is 1. The Morgan fingerprint density at radius 3 is 3.32 bits per heavy atom. The fourth-order valence-corrected chi connectivity index (χ4v) is 3.11. The maximum Gasteiger partial charge on any atom is 0.225 e. The Morgan fingerprint density at radius 1 is 1.63 bits per heavy atom. The van der Waals surface area contributed by atoms with Gasteiger partial charge < -0.3 is 9.88 Å². The highest BCUT2D eigenvalue weighted by Crippen LogP contribution is 2.20. The highest BCUT2D eigenvalue weighted by Gasteiger charge is 2.24. The van der Waals surface area contributed by atoms with Gasteiger partial charge in [-0.15, -0.1) is 11.3 Å². The van der Waals surface area contributed by atoms with Crippen molar-refractivity contribution in [1.29, 1.82) is 0 Å². The lowest BCUT2D eigenvalue weighted by atomic mass is 9.97. The lowest BCUT2D eigenvalue weighted by Crippen LogP contribution is -2.35. The van der Waals surface area contributed by atoms with Crippen LogP contribution in [0, 0.1) is 12.8 Å². The number of rotatable bonds is 3. The third-order valence-corrected chi connectivity index (χ3v) is 4.54. The summed E-state index contributed by atoms with van der Waals surface area (Å²) in [5, 5.41) is 3.02. The maximum absolute atomic E-state index is 12.2. The van der Waals surface area contributed by atoms with Crippen molar-refractivity contribution in [2.45, 2.75) is 32.9 Å². The van der Waals surface area contributed by atoms with Crippen molar-refractivity contribution in [2.24, 2.45) is 5.92 Å². The number of thiazole rings is 1. The van der Waals surface area contributed by atoms with Crippen LogP contribution < -0.4 is 5.32 Å². The summed E-state index contributed by atoms with van der Waals surface area (Å²) in [7, 11) is 0. The van der Waals surface area contributed by atoms with E-state index < -0.39 is 0 Å². The van der Waals surface area contributed by atoms with Crippen molar-refractivity contribution in [3.05, 3.63) is 34.3 Å². The fourth-order valence-electron chi connectivity index (χ4n) is 2.39. The zero-order valence-electron chi connectivity index (χ0n) is 10.8. The standard InChI is InChI=1S/C13H16N4OS/c1-9-12(19-8-16-9)5-15-13(18)10-2-3-11-4-14-7-17(11)6-10/h4,7-8,10H,2-3,5-6H2,1H3,(H,15,18). The monoisotopic (exact) mass is 276 g/mol. The minimum atomic E-state index is 0.0509. The van der Waals surface area contributed by atoms with E-state index in [0.717, 1.165) is 30.0 Å². The summed E-state index contributed by atoms with van der Waals surface area (Å²) >= 11 is 1.59. The first kappa shape index (κ1) is 12.3. The summed E-state index contributed by atoms with van der Waals surface area (Å²) in [4.78, 5) is 21.6. The van der Waals surface area contributed by atoms with E-state index in [0.29, 0.717) is 6.54 Å². The molecule has 1 unspecified atom stereocenters. The van der Waals surface area contributed by atoms with Gasteiger partial charge in [-0.3, -0.25) is 4.79 Å². The second-order valence-electron chi connectivity index (χ2n) is 4.85. The average molecular weight is 276 g/mol. The van der Waals surface area contributed by atoms with E-state index in [-0.39, 0.29) is 11.8 Å². The molecule has 0 saturated heterocycles. The number of imidazole rings is 1. The largest absolute Gasteiger partial charge is 0.351 e. The SMILES string of the molecule is Cc1ncsc1CNC(=O)C1CCc2cncn2C1. The van der Waals surface area contributed by atoms with E-state index >= 15 is 0 Å². The van der Waals surface area contributed by atoms with Crippen LogP contribution >= 0.6 is 11.3 Å². The lowest BCUT2D eigenvalue weighted by Gasteiger charge is -2.23. The van der Waals surface area contributed by atoms with E-state index in [1.807, 2.05) is 25.0 Å². The van der Waals surface area contributed by atoms with Gasteiger partial charge >= 0.3 is 0 Å². The molecule has 1 amide bonds. The smallest absolute Gasteiger partial charge is 0.225 e. The van der Waals surface area contributed by atoms with Gasteiger partial charge in [-0.25, -0.2) is 9.97 Å². The first-order valence-electron chi connectivity index (χ1n) is 6.39. The Morgan fingerprint density at radius 2 is 2.53 bits per heavy atom. The first-order chi connectivity index (χ1) is 9.24. The molecule has 100 valence electrons. The second-order valence-corrected chi connectivity index (χ2v) is 5.79. The molecular weight excluding hydrogens is 260 g/mol. The van der Waals surface area contributed by atoms with Crippen molar-refractivity contribution in [3.63, 3.8) is 0 Å². The molecule has 0 aromatic carbocycles. The molecule has 0 spiro atoms. The molecule has 1 aliphatic rings. The molecule has 0 bridgehead atoms. The predicted octanol–water partition coefficient (Wildman–Crippen LogP) is 1.53. The van der Waals surface area contributed by atoms with Crippen molar-refractivity contribution in [3.8, 4) is 0 Å². The van der Waals surface area contributed by atoms with E-state index in [4.69, 9.17) is 0 Å². The number of amides is 1. The highest BCUT2D eigenvalue weighted by atomic mass is 32.1. The Kier molecular flexibility index (Phi) is 3.33. The van der Waals surface area contributed by atoms with Gasteiger partial charge in [0.05, 0.1) is 30.0 Å². The molecule has 19 heavy (non-hydrogen) atoms. The number of aryl methyl sites for hydroxylation is 2. The van der Waals surface area contributed by atoms with Crippen LogP contribution in [0.3, 0.4) is 0 Å². The van der Waals surface area contributed by atoms with Crippen LogP contribution in [-0.2, 0) is 24.3 Å². The Balaban J connectivity index is 1.58. The number of carbonyl (C=O) groups excluding carboxylic acids is 1. The molecule has 0 radical (unpaired) electrons. The second kappa shape index (κ2) is 5.13. The molecular formula is C13H16N4OS. The Bertz CT molecular complexity index is 589. The molecule has 1 N–H and O–H groups in total. The summed E-state index contributed by atoms with van der Waals surface area (Å²) in [6.07, 6.45) is 5.52. The van der Waals surface area contributed by atoms with Gasteiger partial charge in [0.1, 0.15) is 0 Å². The minimum Gasteiger partial charge on any atom is -0.351 e. The van der Waals surface area contributed by atoms with Crippen LogP contribution in [0.5, 0.6) is 0 Å². The summed E-state index contributed by atoms with van der Waals surface area (Å²) in [5.41, 5.74) is 4.04. The van der Waals surface area contributed by atoms with Crippen LogP contribution in [0.4, 0.5) is 0 Å². The summed E-state index contributed by atoms with van der Waals surface area (Å²) < 4.78 is 2.08. The van der Waals surface area contributed by atoms with E-state index in [2.05, 4.69) is 19.9 Å². The van der Waals surface area contributed by atoms with Crippen LogP contribution in [0.2, 0.25) is 0 Å². The molecule has 0 aliphatic carbocycles. The van der Waals surface area contributed by atoms with Crippen LogP contribution in [-0.4, -0.2) is 20.4 Å². The highest BCUT2D eigenvalue weighted by molar-refractivity contribution is 7.09. The third kappa shape index (κ3) is 2.53. The van der Waals surface area contributed by atoms with Crippen LogP contribution in [0.1, 0.15) is 22.7 Å². The lowest BCUT2D eigenvalue weighted by molar-refractivity contribution is -0.126. The Labute approximate surface area is 115 Å². The summed E-state index contributed by atoms with van der Waals surface area (Å²) in [6.45, 7) is 3.29. The number of nitrogens with one attached hydrogen (secondary N) is 1. The summed E-state index contributed by atoms with van der Waals surface area (Å²) in [5.74, 6) is 0.182. The molecule has 1 atom stereocenters. The molecule has 6 heteroatoms. The van der Waals surface area contributed by atoms with E-state index in [1.165, 1.54) is 5.69 Å². The average Bonchev–Trinajstić information content (AvgIpc) is 3.03. The van der Waals surface area contributed by atoms with Gasteiger partial charge in [0.2, 0.25) is 5.91 Å². The van der Waals surface area contributed by atoms with Crippen molar-refractivity contribution in [2.75, 3.05) is 0 Å². The first-order valence-corrected chi connectivity index (χ1v) is 7.27. The van der Waals surface area contributed by atoms with Crippen LogP contribution in [0.15, 0.2) is 18.0 Å². The fraction of sp³-hybridized carbons (Fsp3) is 0.462. The molecule has 5 nitrogen and oxygen atoms in total. The van der Waals surface area contributed by atoms with Crippen LogP contribution in [0.25, 0.3) is 0 Å². The molecule has 3 heterocycles. The topological polar surface area (TPSA) is 59.8 Å². The van der Waals surface area contributed by atoms with Gasteiger partial charge in [-0.05, 0) is 19.8 Å². The molecule has 2 aromatic heterocycles. The molecule has 1 aliphatic heterocycles. The van der Waals surface area contributed by atoms with Gasteiger partial charge in [0.25, 0.3) is 0 Å². The zero-order valence-corrected chi connectivity index (χ0v) is 11.6. The van der Waals surface area contributed by atoms with Crippen molar-refractivity contribution >= 4 is 17.2 Å². The zero-order chi connectivity index (χ0) is 13.2. The number of hydrogen-bond donors (Lipinski definition) is 1.